The maximum atomic E-state index is 5.95. The first-order valence-electron chi connectivity index (χ1n) is 5.75. The van der Waals surface area contributed by atoms with Crippen LogP contribution in [0.25, 0.3) is 21.8 Å². The molecule has 2 N–H and O–H groups in total. The maximum absolute atomic E-state index is 5.95. The van der Waals surface area contributed by atoms with E-state index in [4.69, 9.17) is 17.3 Å². The smallest absolute Gasteiger partial charge is 0.124 e. The van der Waals surface area contributed by atoms with Gasteiger partial charge in [-0.15, -0.1) is 22.7 Å². The monoisotopic (exact) mass is 306 g/mol. The standard InChI is InChI=1S/C14H11ClN2S2/c15-13-5-11(7-18-13)12-8-19-14(17-12)10-3-1-2-9(4-10)6-16/h1-5,7-8H,6,16H2. The van der Waals surface area contributed by atoms with Crippen molar-refractivity contribution >= 4 is 34.3 Å². The normalized spacial score (nSPS) is 10.8. The van der Waals surface area contributed by atoms with E-state index in [0.717, 1.165) is 31.7 Å². The quantitative estimate of drug-likeness (QED) is 0.765. The van der Waals surface area contributed by atoms with Gasteiger partial charge >= 0.3 is 0 Å². The lowest BCUT2D eigenvalue weighted by Crippen LogP contribution is -1.95. The number of thiazole rings is 1. The average molecular weight is 307 g/mol. The van der Waals surface area contributed by atoms with Crippen molar-refractivity contribution in [3.05, 3.63) is 51.0 Å². The van der Waals surface area contributed by atoms with E-state index >= 15 is 0 Å². The first-order chi connectivity index (χ1) is 9.26. The third-order valence-corrected chi connectivity index (χ3v) is 4.76. The highest BCUT2D eigenvalue weighted by Gasteiger charge is 2.08. The van der Waals surface area contributed by atoms with Crippen molar-refractivity contribution in [3.63, 3.8) is 0 Å². The molecule has 0 atom stereocenters. The minimum Gasteiger partial charge on any atom is -0.326 e. The number of halogens is 1. The van der Waals surface area contributed by atoms with Crippen molar-refractivity contribution < 1.29 is 0 Å². The highest BCUT2D eigenvalue weighted by Crippen LogP contribution is 2.32. The van der Waals surface area contributed by atoms with Gasteiger partial charge in [0.05, 0.1) is 10.0 Å². The zero-order valence-electron chi connectivity index (χ0n) is 9.97. The number of nitrogens with zero attached hydrogens (tertiary/aromatic N) is 1. The molecule has 0 bridgehead atoms. The molecule has 0 saturated carbocycles. The van der Waals surface area contributed by atoms with Gasteiger partial charge in [-0.25, -0.2) is 4.98 Å². The summed E-state index contributed by atoms with van der Waals surface area (Å²) in [6.45, 7) is 0.548. The summed E-state index contributed by atoms with van der Waals surface area (Å²) in [6.07, 6.45) is 0. The van der Waals surface area contributed by atoms with Crippen molar-refractivity contribution in [3.8, 4) is 21.8 Å². The molecule has 2 heterocycles. The van der Waals surface area contributed by atoms with Gasteiger partial charge in [-0.3, -0.25) is 0 Å². The van der Waals surface area contributed by atoms with Gasteiger partial charge in [0.1, 0.15) is 5.01 Å². The van der Waals surface area contributed by atoms with Gasteiger partial charge in [0.15, 0.2) is 0 Å². The van der Waals surface area contributed by atoms with E-state index in [1.165, 1.54) is 11.3 Å². The van der Waals surface area contributed by atoms with Crippen molar-refractivity contribution in [1.82, 2.24) is 4.98 Å². The Bertz CT molecular complexity index is 703. The first-order valence-corrected chi connectivity index (χ1v) is 7.89. The van der Waals surface area contributed by atoms with Gasteiger partial charge in [-0.2, -0.15) is 0 Å². The third kappa shape index (κ3) is 2.72. The Hall–Kier alpha value is -1.20. The number of benzene rings is 1. The topological polar surface area (TPSA) is 38.9 Å². The van der Waals surface area contributed by atoms with Crippen molar-refractivity contribution in [2.45, 2.75) is 6.54 Å². The molecule has 0 aliphatic rings. The van der Waals surface area contributed by atoms with Crippen LogP contribution in [0.15, 0.2) is 41.1 Å². The molecule has 0 aliphatic carbocycles. The SMILES string of the molecule is NCc1cccc(-c2nc(-c3csc(Cl)c3)cs2)c1. The second kappa shape index (κ2) is 5.43. The van der Waals surface area contributed by atoms with Crippen LogP contribution >= 0.6 is 34.3 Å². The molecule has 0 spiro atoms. The second-order valence-electron chi connectivity index (χ2n) is 4.08. The summed E-state index contributed by atoms with van der Waals surface area (Å²) in [4.78, 5) is 4.67. The van der Waals surface area contributed by atoms with E-state index in [2.05, 4.69) is 22.5 Å². The summed E-state index contributed by atoms with van der Waals surface area (Å²) >= 11 is 9.11. The Morgan fingerprint density at radius 1 is 1.11 bits per heavy atom. The van der Waals surface area contributed by atoms with Crippen LogP contribution in [-0.2, 0) is 6.54 Å². The van der Waals surface area contributed by atoms with E-state index in [0.29, 0.717) is 6.54 Å². The summed E-state index contributed by atoms with van der Waals surface area (Å²) in [5.41, 5.74) is 9.95. The van der Waals surface area contributed by atoms with Gasteiger partial charge in [0.2, 0.25) is 0 Å². The Kier molecular flexibility index (Phi) is 3.66. The fraction of sp³-hybridized carbons (Fsp3) is 0.0714. The molecule has 0 radical (unpaired) electrons. The zero-order valence-corrected chi connectivity index (χ0v) is 12.4. The number of thiophene rings is 1. The summed E-state index contributed by atoms with van der Waals surface area (Å²) in [6, 6.07) is 10.1. The molecule has 96 valence electrons. The zero-order chi connectivity index (χ0) is 13.2. The van der Waals surface area contributed by atoms with Gasteiger partial charge in [0.25, 0.3) is 0 Å². The molecule has 0 saturated heterocycles. The Labute approximate surface area is 124 Å². The molecule has 3 rings (SSSR count). The molecule has 2 nitrogen and oxygen atoms in total. The molecule has 2 aromatic heterocycles. The van der Waals surface area contributed by atoms with Crippen molar-refractivity contribution in [1.29, 1.82) is 0 Å². The molecule has 3 aromatic rings. The molecule has 5 heteroatoms. The van der Waals surface area contributed by atoms with Crippen LogP contribution in [0.5, 0.6) is 0 Å². The van der Waals surface area contributed by atoms with Gasteiger partial charge < -0.3 is 5.73 Å². The average Bonchev–Trinajstić information content (AvgIpc) is 3.07. The number of hydrogen-bond acceptors (Lipinski definition) is 4. The van der Waals surface area contributed by atoms with E-state index in [1.54, 1.807) is 11.3 Å². The Morgan fingerprint density at radius 3 is 2.74 bits per heavy atom. The fourth-order valence-corrected chi connectivity index (χ4v) is 3.52. The molecular weight excluding hydrogens is 296 g/mol. The number of aromatic nitrogens is 1. The Morgan fingerprint density at radius 2 is 2.00 bits per heavy atom. The number of nitrogens with two attached hydrogens (primary N) is 1. The summed E-state index contributed by atoms with van der Waals surface area (Å²) in [5, 5.41) is 5.09. The maximum Gasteiger partial charge on any atom is 0.124 e. The minimum absolute atomic E-state index is 0.548. The minimum atomic E-state index is 0.548. The summed E-state index contributed by atoms with van der Waals surface area (Å²) < 4.78 is 0.787. The van der Waals surface area contributed by atoms with Crippen LogP contribution in [-0.4, -0.2) is 4.98 Å². The lowest BCUT2D eigenvalue weighted by Gasteiger charge is -1.99. The third-order valence-electron chi connectivity index (χ3n) is 2.78. The van der Waals surface area contributed by atoms with Gasteiger partial charge in [-0.1, -0.05) is 29.8 Å². The van der Waals surface area contributed by atoms with E-state index < -0.39 is 0 Å². The van der Waals surface area contributed by atoms with Gasteiger partial charge in [0, 0.05) is 28.4 Å². The highest BCUT2D eigenvalue weighted by atomic mass is 35.5. The molecule has 1 aromatic carbocycles. The van der Waals surface area contributed by atoms with E-state index in [-0.39, 0.29) is 0 Å². The van der Waals surface area contributed by atoms with Crippen molar-refractivity contribution in [2.75, 3.05) is 0 Å². The largest absolute Gasteiger partial charge is 0.326 e. The van der Waals surface area contributed by atoms with Crippen LogP contribution in [0.1, 0.15) is 5.56 Å². The Balaban J connectivity index is 1.96. The van der Waals surface area contributed by atoms with E-state index in [9.17, 15) is 0 Å². The van der Waals surface area contributed by atoms with Crippen LogP contribution in [0.2, 0.25) is 4.34 Å². The van der Waals surface area contributed by atoms with Crippen LogP contribution < -0.4 is 5.73 Å². The number of rotatable bonds is 3. The lowest BCUT2D eigenvalue weighted by atomic mass is 10.1. The molecule has 19 heavy (non-hydrogen) atoms. The molecule has 0 unspecified atom stereocenters. The molecule has 0 amide bonds. The first kappa shape index (κ1) is 12.8. The predicted octanol–water partition coefficient (Wildman–Crippen LogP) is 4.65. The van der Waals surface area contributed by atoms with Gasteiger partial charge in [-0.05, 0) is 17.7 Å². The van der Waals surface area contributed by atoms with Crippen LogP contribution in [0.4, 0.5) is 0 Å². The highest BCUT2D eigenvalue weighted by molar-refractivity contribution is 7.15. The van der Waals surface area contributed by atoms with Crippen LogP contribution in [0.3, 0.4) is 0 Å². The van der Waals surface area contributed by atoms with Crippen molar-refractivity contribution in [2.24, 2.45) is 5.73 Å². The molecular formula is C14H11ClN2S2. The molecule has 0 aliphatic heterocycles. The predicted molar refractivity (Wildman–Crippen MR) is 83.8 cm³/mol. The lowest BCUT2D eigenvalue weighted by molar-refractivity contribution is 1.07. The molecule has 0 fully saturated rings. The number of hydrogen-bond donors (Lipinski definition) is 1. The fourth-order valence-electron chi connectivity index (χ4n) is 1.81. The second-order valence-corrected chi connectivity index (χ2v) is 6.48. The summed E-state index contributed by atoms with van der Waals surface area (Å²) in [5.74, 6) is 0. The van der Waals surface area contributed by atoms with Crippen LogP contribution in [0, 0.1) is 0 Å². The summed E-state index contributed by atoms with van der Waals surface area (Å²) in [7, 11) is 0. The van der Waals surface area contributed by atoms with E-state index in [1.807, 2.05) is 23.6 Å².